The summed E-state index contributed by atoms with van der Waals surface area (Å²) >= 11 is 0. The Balaban J connectivity index is 2.10. The molecule has 0 atom stereocenters. The van der Waals surface area contributed by atoms with Crippen molar-refractivity contribution in [3.8, 4) is 0 Å². The van der Waals surface area contributed by atoms with Gasteiger partial charge in [0.05, 0.1) is 30.6 Å². The number of anilines is 1. The first kappa shape index (κ1) is 8.51. The predicted molar refractivity (Wildman–Crippen MR) is 51.9 cm³/mol. The van der Waals surface area contributed by atoms with E-state index in [0.717, 1.165) is 30.3 Å². The molecule has 0 saturated carbocycles. The second-order valence-corrected chi connectivity index (χ2v) is 3.46. The van der Waals surface area contributed by atoms with Crippen molar-refractivity contribution in [1.82, 2.24) is 4.98 Å². The van der Waals surface area contributed by atoms with Gasteiger partial charge in [-0.2, -0.15) is 0 Å². The molecule has 0 spiro atoms. The highest BCUT2D eigenvalue weighted by Crippen LogP contribution is 2.16. The van der Waals surface area contributed by atoms with Gasteiger partial charge in [0.15, 0.2) is 0 Å². The summed E-state index contributed by atoms with van der Waals surface area (Å²) in [6, 6.07) is 4.58. The summed E-state index contributed by atoms with van der Waals surface area (Å²) in [5, 5.41) is 3.39. The van der Waals surface area contributed by atoms with Gasteiger partial charge in [-0.3, -0.25) is 4.98 Å². The van der Waals surface area contributed by atoms with E-state index in [1.54, 1.807) is 0 Å². The Morgan fingerprint density at radius 3 is 2.69 bits per heavy atom. The molecule has 0 unspecified atom stereocenters. The molecule has 1 aliphatic heterocycles. The Morgan fingerprint density at radius 1 is 1.38 bits per heavy atom. The Labute approximate surface area is 78.1 Å². The molecular weight excluding hydrogens is 164 g/mol. The number of nitrogens with one attached hydrogen (secondary N) is 1. The topological polar surface area (TPSA) is 34.1 Å². The minimum absolute atomic E-state index is 0.475. The number of aromatic nitrogens is 1. The summed E-state index contributed by atoms with van der Waals surface area (Å²) < 4.78 is 5.09. The van der Waals surface area contributed by atoms with Crippen LogP contribution in [0.5, 0.6) is 0 Å². The fourth-order valence-corrected chi connectivity index (χ4v) is 1.38. The SMILES string of the molecule is Cc1ccc(NC2COC2)c(C)n1. The smallest absolute Gasteiger partial charge is 0.0729 e. The average molecular weight is 178 g/mol. The highest BCUT2D eigenvalue weighted by atomic mass is 16.5. The van der Waals surface area contributed by atoms with Gasteiger partial charge in [0.2, 0.25) is 0 Å². The standard InChI is InChI=1S/C10H14N2O/c1-7-3-4-10(8(2)11-7)12-9-5-13-6-9/h3-4,9,12H,5-6H2,1-2H3. The van der Waals surface area contributed by atoms with Gasteiger partial charge in [0.25, 0.3) is 0 Å². The van der Waals surface area contributed by atoms with Crippen molar-refractivity contribution < 1.29 is 4.74 Å². The number of hydrogen-bond acceptors (Lipinski definition) is 3. The van der Waals surface area contributed by atoms with E-state index in [-0.39, 0.29) is 0 Å². The molecule has 1 aliphatic rings. The molecule has 0 amide bonds. The first-order valence-corrected chi connectivity index (χ1v) is 4.54. The maximum Gasteiger partial charge on any atom is 0.0729 e. The lowest BCUT2D eigenvalue weighted by atomic mass is 10.2. The minimum Gasteiger partial charge on any atom is -0.377 e. The van der Waals surface area contributed by atoms with Gasteiger partial charge in [-0.25, -0.2) is 0 Å². The normalized spacial score (nSPS) is 16.8. The van der Waals surface area contributed by atoms with Crippen LogP contribution in [0.3, 0.4) is 0 Å². The fraction of sp³-hybridized carbons (Fsp3) is 0.500. The monoisotopic (exact) mass is 178 g/mol. The van der Waals surface area contributed by atoms with Crippen LogP contribution in [0.15, 0.2) is 12.1 Å². The van der Waals surface area contributed by atoms with E-state index in [1.807, 2.05) is 19.9 Å². The predicted octanol–water partition coefficient (Wildman–Crippen LogP) is 1.51. The van der Waals surface area contributed by atoms with Crippen LogP contribution in [0, 0.1) is 13.8 Å². The summed E-state index contributed by atoms with van der Waals surface area (Å²) in [6.07, 6.45) is 0. The largest absolute Gasteiger partial charge is 0.377 e. The number of ether oxygens (including phenoxy) is 1. The van der Waals surface area contributed by atoms with E-state index in [4.69, 9.17) is 4.74 Å². The van der Waals surface area contributed by atoms with Gasteiger partial charge in [-0.1, -0.05) is 0 Å². The Kier molecular flexibility index (Phi) is 2.19. The van der Waals surface area contributed by atoms with Crippen molar-refractivity contribution in [2.75, 3.05) is 18.5 Å². The summed E-state index contributed by atoms with van der Waals surface area (Å²) in [5.41, 5.74) is 3.25. The number of pyridine rings is 1. The number of aryl methyl sites for hydroxylation is 2. The van der Waals surface area contributed by atoms with Gasteiger partial charge in [-0.05, 0) is 26.0 Å². The van der Waals surface area contributed by atoms with Crippen molar-refractivity contribution in [2.45, 2.75) is 19.9 Å². The molecule has 1 aromatic rings. The van der Waals surface area contributed by atoms with Gasteiger partial charge in [0, 0.05) is 5.69 Å². The zero-order chi connectivity index (χ0) is 9.26. The summed E-state index contributed by atoms with van der Waals surface area (Å²) in [4.78, 5) is 4.38. The van der Waals surface area contributed by atoms with Gasteiger partial charge < -0.3 is 10.1 Å². The van der Waals surface area contributed by atoms with Gasteiger partial charge >= 0.3 is 0 Å². The Morgan fingerprint density at radius 2 is 2.15 bits per heavy atom. The van der Waals surface area contributed by atoms with Crippen LogP contribution in [-0.2, 0) is 4.74 Å². The van der Waals surface area contributed by atoms with Crippen LogP contribution in [0.1, 0.15) is 11.4 Å². The third-order valence-electron chi connectivity index (χ3n) is 2.22. The molecular formula is C10H14N2O. The van der Waals surface area contributed by atoms with E-state index in [0.29, 0.717) is 6.04 Å². The van der Waals surface area contributed by atoms with Crippen LogP contribution in [0.4, 0.5) is 5.69 Å². The quantitative estimate of drug-likeness (QED) is 0.745. The van der Waals surface area contributed by atoms with Crippen molar-refractivity contribution in [2.24, 2.45) is 0 Å². The average Bonchev–Trinajstić information content (AvgIpc) is 1.99. The van der Waals surface area contributed by atoms with Crippen LogP contribution >= 0.6 is 0 Å². The molecule has 13 heavy (non-hydrogen) atoms. The lowest BCUT2D eigenvalue weighted by Gasteiger charge is -2.28. The number of hydrogen-bond donors (Lipinski definition) is 1. The van der Waals surface area contributed by atoms with Gasteiger partial charge in [-0.15, -0.1) is 0 Å². The molecule has 2 rings (SSSR count). The summed E-state index contributed by atoms with van der Waals surface area (Å²) in [6.45, 7) is 5.65. The molecule has 0 aliphatic carbocycles. The molecule has 70 valence electrons. The van der Waals surface area contributed by atoms with Gasteiger partial charge in [0.1, 0.15) is 0 Å². The number of rotatable bonds is 2. The zero-order valence-corrected chi connectivity index (χ0v) is 8.00. The molecule has 1 saturated heterocycles. The van der Waals surface area contributed by atoms with E-state index >= 15 is 0 Å². The molecule has 1 fully saturated rings. The summed E-state index contributed by atoms with van der Waals surface area (Å²) in [5.74, 6) is 0. The Hall–Kier alpha value is -1.09. The van der Waals surface area contributed by atoms with Crippen LogP contribution < -0.4 is 5.32 Å². The molecule has 1 aromatic heterocycles. The summed E-state index contributed by atoms with van der Waals surface area (Å²) in [7, 11) is 0. The maximum atomic E-state index is 5.09. The second-order valence-electron chi connectivity index (χ2n) is 3.46. The highest BCUT2D eigenvalue weighted by molar-refractivity contribution is 5.48. The van der Waals surface area contributed by atoms with E-state index in [1.165, 1.54) is 0 Å². The molecule has 2 heterocycles. The molecule has 3 nitrogen and oxygen atoms in total. The van der Waals surface area contributed by atoms with E-state index < -0.39 is 0 Å². The van der Waals surface area contributed by atoms with E-state index in [2.05, 4.69) is 16.4 Å². The second kappa shape index (κ2) is 3.34. The lowest BCUT2D eigenvalue weighted by molar-refractivity contribution is 0.0211. The number of nitrogens with zero attached hydrogens (tertiary/aromatic N) is 1. The van der Waals surface area contributed by atoms with Crippen molar-refractivity contribution >= 4 is 5.69 Å². The molecule has 0 radical (unpaired) electrons. The molecule has 0 aromatic carbocycles. The molecule has 0 bridgehead atoms. The first-order chi connectivity index (χ1) is 6.25. The minimum atomic E-state index is 0.475. The first-order valence-electron chi connectivity index (χ1n) is 4.54. The van der Waals surface area contributed by atoms with Crippen LogP contribution in [0.2, 0.25) is 0 Å². The van der Waals surface area contributed by atoms with Crippen LogP contribution in [-0.4, -0.2) is 24.2 Å². The zero-order valence-electron chi connectivity index (χ0n) is 8.00. The van der Waals surface area contributed by atoms with E-state index in [9.17, 15) is 0 Å². The van der Waals surface area contributed by atoms with Crippen molar-refractivity contribution in [3.05, 3.63) is 23.5 Å². The third-order valence-corrected chi connectivity index (χ3v) is 2.22. The third kappa shape index (κ3) is 1.80. The maximum absolute atomic E-state index is 5.09. The van der Waals surface area contributed by atoms with Crippen molar-refractivity contribution in [3.63, 3.8) is 0 Å². The van der Waals surface area contributed by atoms with Crippen LogP contribution in [0.25, 0.3) is 0 Å². The fourth-order valence-electron chi connectivity index (χ4n) is 1.38. The molecule has 3 heteroatoms. The Bertz CT molecular complexity index is 308. The molecule has 1 N–H and O–H groups in total. The highest BCUT2D eigenvalue weighted by Gasteiger charge is 2.18. The van der Waals surface area contributed by atoms with Crippen molar-refractivity contribution in [1.29, 1.82) is 0 Å². The lowest BCUT2D eigenvalue weighted by Crippen LogP contribution is -2.40.